The molecule has 2 aliphatic carbocycles. The normalized spacial score (nSPS) is 30.1. The maximum Gasteiger partial charge on any atom is 0.229 e. The molecule has 3 aliphatic rings. The maximum absolute atomic E-state index is 12.9. The minimum atomic E-state index is -0.695. The van der Waals surface area contributed by atoms with Gasteiger partial charge < -0.3 is 11.1 Å². The van der Waals surface area contributed by atoms with E-state index in [1.807, 2.05) is 13.0 Å². The number of nitrogens with one attached hydrogen (secondary N) is 2. The van der Waals surface area contributed by atoms with Gasteiger partial charge in [0.25, 0.3) is 0 Å². The summed E-state index contributed by atoms with van der Waals surface area (Å²) in [6.45, 7) is 3.50. The molecule has 1 heterocycles. The van der Waals surface area contributed by atoms with Crippen molar-refractivity contribution in [1.29, 1.82) is 0 Å². The minimum absolute atomic E-state index is 0.105. The number of ketones is 2. The van der Waals surface area contributed by atoms with Crippen molar-refractivity contribution in [3.8, 4) is 0 Å². The zero-order valence-electron chi connectivity index (χ0n) is 16.4. The highest BCUT2D eigenvalue weighted by Crippen LogP contribution is 2.38. The van der Waals surface area contributed by atoms with Crippen molar-refractivity contribution >= 4 is 23.4 Å². The molecule has 0 saturated carbocycles. The fourth-order valence-electron chi connectivity index (χ4n) is 4.27. The molecule has 3 unspecified atom stereocenters. The zero-order chi connectivity index (χ0) is 20.3. The zero-order valence-corrected chi connectivity index (χ0v) is 16.4. The summed E-state index contributed by atoms with van der Waals surface area (Å²) >= 11 is 0. The molecule has 7 nitrogen and oxygen atoms in total. The summed E-state index contributed by atoms with van der Waals surface area (Å²) in [6, 6.07) is 0. The first-order valence-corrected chi connectivity index (χ1v) is 10.1. The Morgan fingerprint density at radius 2 is 1.96 bits per heavy atom. The van der Waals surface area contributed by atoms with E-state index in [0.717, 1.165) is 19.4 Å². The molecule has 0 aromatic rings. The SMILES string of the molecule is CC1(NCCCCN)C=CC2=C(C1)C(=O)C(CCC1CCC(=O)NC1=O)C2=O. The molecule has 1 fully saturated rings. The Morgan fingerprint density at radius 1 is 1.18 bits per heavy atom. The van der Waals surface area contributed by atoms with Gasteiger partial charge >= 0.3 is 0 Å². The van der Waals surface area contributed by atoms with Crippen molar-refractivity contribution in [2.75, 3.05) is 13.1 Å². The first-order valence-electron chi connectivity index (χ1n) is 10.1. The smallest absolute Gasteiger partial charge is 0.229 e. The topological polar surface area (TPSA) is 118 Å². The van der Waals surface area contributed by atoms with E-state index in [1.165, 1.54) is 0 Å². The summed E-state index contributed by atoms with van der Waals surface area (Å²) in [4.78, 5) is 48.8. The molecule has 3 rings (SSSR count). The molecule has 0 radical (unpaired) electrons. The summed E-state index contributed by atoms with van der Waals surface area (Å²) < 4.78 is 0. The van der Waals surface area contributed by atoms with Gasteiger partial charge in [-0.1, -0.05) is 12.2 Å². The second-order valence-corrected chi connectivity index (χ2v) is 8.25. The standard InChI is InChI=1S/C21H29N3O4/c1-21(23-11-3-2-10-22)9-8-14-16(12-21)19(27)15(18(14)26)6-4-13-5-7-17(25)24-20(13)28/h8-9,13,15,23H,2-7,10-12,22H2,1H3,(H,24,25,28). The third-order valence-corrected chi connectivity index (χ3v) is 6.00. The number of allylic oxidation sites excluding steroid dienone is 2. The van der Waals surface area contributed by atoms with Crippen LogP contribution in [0.5, 0.6) is 0 Å². The summed E-state index contributed by atoms with van der Waals surface area (Å²) in [6.07, 6.45) is 7.76. The third kappa shape index (κ3) is 4.31. The predicted molar refractivity (Wildman–Crippen MR) is 104 cm³/mol. The van der Waals surface area contributed by atoms with E-state index >= 15 is 0 Å². The van der Waals surface area contributed by atoms with E-state index < -0.39 is 5.92 Å². The van der Waals surface area contributed by atoms with Crippen molar-refractivity contribution in [3.05, 3.63) is 23.3 Å². The number of nitrogens with two attached hydrogens (primary N) is 1. The van der Waals surface area contributed by atoms with Crippen LogP contribution < -0.4 is 16.4 Å². The molecular formula is C21H29N3O4. The van der Waals surface area contributed by atoms with Crippen LogP contribution in [-0.2, 0) is 19.2 Å². The van der Waals surface area contributed by atoms with Gasteiger partial charge in [-0.15, -0.1) is 0 Å². The van der Waals surface area contributed by atoms with Gasteiger partial charge in [0.1, 0.15) is 0 Å². The van der Waals surface area contributed by atoms with E-state index in [4.69, 9.17) is 5.73 Å². The van der Waals surface area contributed by atoms with Crippen molar-refractivity contribution in [2.45, 2.75) is 57.4 Å². The van der Waals surface area contributed by atoms with Gasteiger partial charge in [0, 0.05) is 29.0 Å². The van der Waals surface area contributed by atoms with E-state index in [2.05, 4.69) is 10.6 Å². The number of hydrogen-bond donors (Lipinski definition) is 3. The average molecular weight is 387 g/mol. The Balaban J connectivity index is 1.58. The fourth-order valence-corrected chi connectivity index (χ4v) is 4.27. The van der Waals surface area contributed by atoms with Crippen molar-refractivity contribution in [3.63, 3.8) is 0 Å². The van der Waals surface area contributed by atoms with Crippen molar-refractivity contribution < 1.29 is 19.2 Å². The first kappa shape index (κ1) is 20.6. The van der Waals surface area contributed by atoms with Crippen LogP contribution in [0.4, 0.5) is 0 Å². The van der Waals surface area contributed by atoms with Crippen molar-refractivity contribution in [2.24, 2.45) is 17.6 Å². The number of piperidine rings is 1. The Hall–Kier alpha value is -2.12. The lowest BCUT2D eigenvalue weighted by Gasteiger charge is -2.31. The second-order valence-electron chi connectivity index (χ2n) is 8.25. The summed E-state index contributed by atoms with van der Waals surface area (Å²) in [5.41, 5.74) is 6.31. The number of unbranched alkanes of at least 4 members (excludes halogenated alkanes) is 1. The lowest BCUT2D eigenvalue weighted by atomic mass is 9.84. The van der Waals surface area contributed by atoms with Crippen LogP contribution in [0, 0.1) is 11.8 Å². The monoisotopic (exact) mass is 387 g/mol. The number of carbonyl (C=O) groups excluding carboxylic acids is 4. The largest absolute Gasteiger partial charge is 0.330 e. The second kappa shape index (κ2) is 8.49. The maximum atomic E-state index is 12.9. The van der Waals surface area contributed by atoms with Gasteiger partial charge in [-0.05, 0) is 58.5 Å². The summed E-state index contributed by atoms with van der Waals surface area (Å²) in [5.74, 6) is -1.78. The highest BCUT2D eigenvalue weighted by Gasteiger charge is 2.44. The lowest BCUT2D eigenvalue weighted by molar-refractivity contribution is -0.137. The van der Waals surface area contributed by atoms with Crippen LogP contribution in [0.25, 0.3) is 0 Å². The third-order valence-electron chi connectivity index (χ3n) is 6.00. The Labute approximate surface area is 165 Å². The molecule has 2 amide bonds. The van der Waals surface area contributed by atoms with Crippen LogP contribution in [0.15, 0.2) is 23.3 Å². The van der Waals surface area contributed by atoms with Gasteiger partial charge in [0.15, 0.2) is 11.6 Å². The van der Waals surface area contributed by atoms with Crippen LogP contribution in [-0.4, -0.2) is 42.0 Å². The summed E-state index contributed by atoms with van der Waals surface area (Å²) in [5, 5.41) is 5.80. The van der Waals surface area contributed by atoms with Gasteiger partial charge in [0.2, 0.25) is 11.8 Å². The highest BCUT2D eigenvalue weighted by molar-refractivity contribution is 6.26. The van der Waals surface area contributed by atoms with E-state index in [1.54, 1.807) is 6.08 Å². The molecule has 0 bridgehead atoms. The van der Waals surface area contributed by atoms with Crippen LogP contribution in [0.3, 0.4) is 0 Å². The highest BCUT2D eigenvalue weighted by atomic mass is 16.2. The number of Topliss-reactive ketones (excluding diaryl/α,β-unsaturated/α-hetero) is 2. The Morgan fingerprint density at radius 3 is 2.68 bits per heavy atom. The lowest BCUT2D eigenvalue weighted by Crippen LogP contribution is -2.43. The number of hydrogen-bond acceptors (Lipinski definition) is 6. The molecular weight excluding hydrogens is 358 g/mol. The van der Waals surface area contributed by atoms with Crippen LogP contribution >= 0.6 is 0 Å². The molecule has 28 heavy (non-hydrogen) atoms. The fraction of sp³-hybridized carbons (Fsp3) is 0.619. The van der Waals surface area contributed by atoms with Crippen LogP contribution in [0.2, 0.25) is 0 Å². The summed E-state index contributed by atoms with van der Waals surface area (Å²) in [7, 11) is 0. The molecule has 0 aromatic heterocycles. The predicted octanol–water partition coefficient (Wildman–Crippen LogP) is 0.931. The average Bonchev–Trinajstić information content (AvgIpc) is 2.88. The first-order chi connectivity index (χ1) is 13.3. The molecule has 7 heteroatoms. The molecule has 152 valence electrons. The van der Waals surface area contributed by atoms with Gasteiger partial charge in [-0.2, -0.15) is 0 Å². The molecule has 1 aliphatic heterocycles. The number of imide groups is 1. The number of amides is 2. The quantitative estimate of drug-likeness (QED) is 0.324. The number of rotatable bonds is 8. The minimum Gasteiger partial charge on any atom is -0.330 e. The van der Waals surface area contributed by atoms with Gasteiger partial charge in [-0.3, -0.25) is 24.5 Å². The molecule has 4 N–H and O–H groups in total. The molecule has 3 atom stereocenters. The van der Waals surface area contributed by atoms with Crippen molar-refractivity contribution in [1.82, 2.24) is 10.6 Å². The molecule has 1 saturated heterocycles. The molecule has 0 spiro atoms. The van der Waals surface area contributed by atoms with E-state index in [-0.39, 0.29) is 34.8 Å². The van der Waals surface area contributed by atoms with E-state index in [9.17, 15) is 19.2 Å². The Bertz CT molecular complexity index is 755. The van der Waals surface area contributed by atoms with Gasteiger partial charge in [0.05, 0.1) is 5.92 Å². The van der Waals surface area contributed by atoms with E-state index in [0.29, 0.717) is 49.8 Å². The number of carbonyl (C=O) groups is 4. The molecule has 0 aromatic carbocycles. The van der Waals surface area contributed by atoms with Gasteiger partial charge in [-0.25, -0.2) is 0 Å². The van der Waals surface area contributed by atoms with Crippen LogP contribution in [0.1, 0.15) is 51.9 Å². The Kier molecular flexibility index (Phi) is 6.25.